The lowest BCUT2D eigenvalue weighted by atomic mass is 10.1. The molecule has 0 spiro atoms. The average molecular weight is 240 g/mol. The van der Waals surface area contributed by atoms with E-state index >= 15 is 0 Å². The van der Waals surface area contributed by atoms with Crippen LogP contribution in [0.2, 0.25) is 0 Å². The second-order valence-electron chi connectivity index (χ2n) is 3.92. The van der Waals surface area contributed by atoms with Crippen molar-refractivity contribution in [3.63, 3.8) is 0 Å². The molecule has 1 aromatic carbocycles. The molecule has 0 aliphatic carbocycles. The number of nitrogens with zero attached hydrogens (tertiary/aromatic N) is 3. The van der Waals surface area contributed by atoms with Crippen molar-refractivity contribution in [2.24, 2.45) is 5.73 Å². The lowest BCUT2D eigenvalue weighted by Gasteiger charge is -2.00. The fourth-order valence-corrected chi connectivity index (χ4v) is 1.87. The van der Waals surface area contributed by atoms with E-state index < -0.39 is 0 Å². The average Bonchev–Trinajstić information content (AvgIpc) is 2.87. The minimum Gasteiger partial charge on any atom is -0.421 e. The molecule has 3 rings (SSSR count). The second-order valence-corrected chi connectivity index (χ2v) is 3.92. The van der Waals surface area contributed by atoms with Gasteiger partial charge in [0, 0.05) is 30.1 Å². The molecule has 3 aromatic rings. The van der Waals surface area contributed by atoms with Crippen LogP contribution in [-0.2, 0) is 6.42 Å². The molecule has 0 saturated carbocycles. The molecule has 2 N–H and O–H groups in total. The fraction of sp³-hybridized carbons (Fsp3) is 0.154. The number of nitrogens with two attached hydrogens (primary N) is 1. The summed E-state index contributed by atoms with van der Waals surface area (Å²) in [4.78, 5) is 4.30. The van der Waals surface area contributed by atoms with E-state index in [4.69, 9.17) is 10.2 Å². The molecule has 2 heterocycles. The van der Waals surface area contributed by atoms with Gasteiger partial charge in [0.25, 0.3) is 0 Å². The van der Waals surface area contributed by atoms with Crippen molar-refractivity contribution in [1.29, 1.82) is 0 Å². The number of hydrogen-bond acceptors (Lipinski definition) is 5. The summed E-state index contributed by atoms with van der Waals surface area (Å²) >= 11 is 0. The number of pyridine rings is 1. The van der Waals surface area contributed by atoms with E-state index in [-0.39, 0.29) is 0 Å². The SMILES string of the molecule is NCCc1nnc(-c2ccnc3ccccc23)o1. The predicted octanol–water partition coefficient (Wildman–Crippen LogP) is 1.79. The van der Waals surface area contributed by atoms with Gasteiger partial charge in [-0.3, -0.25) is 4.98 Å². The summed E-state index contributed by atoms with van der Waals surface area (Å²) in [7, 11) is 0. The highest BCUT2D eigenvalue weighted by atomic mass is 16.4. The number of hydrogen-bond donors (Lipinski definition) is 1. The van der Waals surface area contributed by atoms with E-state index in [2.05, 4.69) is 15.2 Å². The van der Waals surface area contributed by atoms with Crippen LogP contribution >= 0.6 is 0 Å². The number of rotatable bonds is 3. The molecule has 90 valence electrons. The van der Waals surface area contributed by atoms with Crippen molar-refractivity contribution >= 4 is 10.9 Å². The molecule has 2 aromatic heterocycles. The van der Waals surface area contributed by atoms with Crippen molar-refractivity contribution < 1.29 is 4.42 Å². The molecule has 0 atom stereocenters. The third-order valence-corrected chi connectivity index (χ3v) is 2.70. The lowest BCUT2D eigenvalue weighted by Crippen LogP contribution is -2.02. The van der Waals surface area contributed by atoms with Crippen LogP contribution in [0.1, 0.15) is 5.89 Å². The molecular formula is C13H12N4O. The van der Waals surface area contributed by atoms with Crippen LogP contribution in [0.3, 0.4) is 0 Å². The summed E-state index contributed by atoms with van der Waals surface area (Å²) in [5, 5.41) is 9.03. The molecule has 5 heteroatoms. The minimum atomic E-state index is 0.499. The van der Waals surface area contributed by atoms with Gasteiger partial charge in [0.05, 0.1) is 5.52 Å². The standard InChI is InChI=1S/C13H12N4O/c14-7-5-12-16-17-13(18-12)10-6-8-15-11-4-2-1-3-9(10)11/h1-4,6,8H,5,7,14H2. The van der Waals surface area contributed by atoms with Crippen LogP contribution in [0.5, 0.6) is 0 Å². The summed E-state index contributed by atoms with van der Waals surface area (Å²) in [6.45, 7) is 0.499. The van der Waals surface area contributed by atoms with Crippen molar-refractivity contribution in [3.8, 4) is 11.5 Å². The molecule has 0 unspecified atom stereocenters. The Hall–Kier alpha value is -2.27. The van der Waals surface area contributed by atoms with E-state index in [0.717, 1.165) is 16.5 Å². The minimum absolute atomic E-state index is 0.499. The van der Waals surface area contributed by atoms with Crippen molar-refractivity contribution in [3.05, 3.63) is 42.4 Å². The maximum atomic E-state index is 5.59. The molecule has 0 aliphatic rings. The quantitative estimate of drug-likeness (QED) is 0.755. The zero-order chi connectivity index (χ0) is 12.4. The summed E-state index contributed by atoms with van der Waals surface area (Å²) in [6.07, 6.45) is 2.33. The van der Waals surface area contributed by atoms with Crippen LogP contribution in [0, 0.1) is 0 Å². The molecule has 0 radical (unpaired) electrons. The third kappa shape index (κ3) is 1.84. The highest BCUT2D eigenvalue weighted by Crippen LogP contribution is 2.25. The molecule has 0 saturated heterocycles. The van der Waals surface area contributed by atoms with Gasteiger partial charge in [0.2, 0.25) is 11.8 Å². The summed E-state index contributed by atoms with van der Waals surface area (Å²) in [6, 6.07) is 9.74. The van der Waals surface area contributed by atoms with E-state index in [0.29, 0.717) is 24.7 Å². The number of para-hydroxylation sites is 1. The summed E-state index contributed by atoms with van der Waals surface area (Å²) in [5.74, 6) is 1.07. The largest absolute Gasteiger partial charge is 0.421 e. The van der Waals surface area contributed by atoms with Crippen LogP contribution in [0.4, 0.5) is 0 Å². The Kier molecular flexibility index (Phi) is 2.74. The van der Waals surface area contributed by atoms with Gasteiger partial charge in [-0.15, -0.1) is 10.2 Å². The molecule has 0 amide bonds. The van der Waals surface area contributed by atoms with Gasteiger partial charge < -0.3 is 10.2 Å². The zero-order valence-electron chi connectivity index (χ0n) is 9.71. The van der Waals surface area contributed by atoms with Crippen LogP contribution in [-0.4, -0.2) is 21.7 Å². The highest BCUT2D eigenvalue weighted by Gasteiger charge is 2.11. The van der Waals surface area contributed by atoms with Gasteiger partial charge in [0.1, 0.15) is 0 Å². The van der Waals surface area contributed by atoms with Gasteiger partial charge in [-0.25, -0.2) is 0 Å². The Labute approximate surface area is 104 Å². The van der Waals surface area contributed by atoms with E-state index in [1.165, 1.54) is 0 Å². The van der Waals surface area contributed by atoms with E-state index in [1.807, 2.05) is 30.3 Å². The Morgan fingerprint density at radius 2 is 2.00 bits per heavy atom. The first-order valence-electron chi connectivity index (χ1n) is 5.75. The van der Waals surface area contributed by atoms with Crippen LogP contribution in [0.25, 0.3) is 22.4 Å². The maximum absolute atomic E-state index is 5.59. The second kappa shape index (κ2) is 4.54. The van der Waals surface area contributed by atoms with E-state index in [1.54, 1.807) is 6.20 Å². The van der Waals surface area contributed by atoms with Gasteiger partial charge in [-0.2, -0.15) is 0 Å². The first kappa shape index (κ1) is 10.9. The Morgan fingerprint density at radius 1 is 1.11 bits per heavy atom. The topological polar surface area (TPSA) is 77.8 Å². The smallest absolute Gasteiger partial charge is 0.248 e. The third-order valence-electron chi connectivity index (χ3n) is 2.70. The lowest BCUT2D eigenvalue weighted by molar-refractivity contribution is 0.507. The van der Waals surface area contributed by atoms with E-state index in [9.17, 15) is 0 Å². The van der Waals surface area contributed by atoms with Crippen molar-refractivity contribution in [1.82, 2.24) is 15.2 Å². The fourth-order valence-electron chi connectivity index (χ4n) is 1.87. The van der Waals surface area contributed by atoms with Gasteiger partial charge in [-0.1, -0.05) is 18.2 Å². The maximum Gasteiger partial charge on any atom is 0.248 e. The Morgan fingerprint density at radius 3 is 2.89 bits per heavy atom. The van der Waals surface area contributed by atoms with Gasteiger partial charge in [-0.05, 0) is 12.1 Å². The Bertz CT molecular complexity index is 672. The van der Waals surface area contributed by atoms with Crippen LogP contribution in [0.15, 0.2) is 40.9 Å². The molecule has 0 aliphatic heterocycles. The van der Waals surface area contributed by atoms with Crippen molar-refractivity contribution in [2.75, 3.05) is 6.54 Å². The predicted molar refractivity (Wildman–Crippen MR) is 67.8 cm³/mol. The molecule has 0 bridgehead atoms. The zero-order valence-corrected chi connectivity index (χ0v) is 9.71. The molecule has 18 heavy (non-hydrogen) atoms. The van der Waals surface area contributed by atoms with Gasteiger partial charge in [0.15, 0.2) is 0 Å². The number of benzene rings is 1. The van der Waals surface area contributed by atoms with Crippen molar-refractivity contribution in [2.45, 2.75) is 6.42 Å². The normalized spacial score (nSPS) is 10.9. The first-order chi connectivity index (χ1) is 8.88. The molecular weight excluding hydrogens is 228 g/mol. The Balaban J connectivity index is 2.12. The molecule has 0 fully saturated rings. The molecule has 5 nitrogen and oxygen atoms in total. The highest BCUT2D eigenvalue weighted by molar-refractivity contribution is 5.91. The number of aromatic nitrogens is 3. The summed E-state index contributed by atoms with van der Waals surface area (Å²) < 4.78 is 5.59. The monoisotopic (exact) mass is 240 g/mol. The van der Waals surface area contributed by atoms with Crippen LogP contribution < -0.4 is 5.73 Å². The summed E-state index contributed by atoms with van der Waals surface area (Å²) in [5.41, 5.74) is 7.27. The number of fused-ring (bicyclic) bond motifs is 1. The first-order valence-corrected chi connectivity index (χ1v) is 5.75. The van der Waals surface area contributed by atoms with Gasteiger partial charge >= 0.3 is 0 Å².